The highest BCUT2D eigenvalue weighted by Gasteiger charge is 2.01. The number of rotatable bonds is 3. The number of hydrogen-bond donors (Lipinski definition) is 2. The molecule has 0 aliphatic rings. The standard InChI is InChI=1S/C6H15NO/c1-5(4-7)3-6(2)8/h5-6,8H,3-4,7H2,1-2H3/t5?,6-/m0/s1. The predicted octanol–water partition coefficient (Wildman–Crippen LogP) is 0.352. The molecule has 0 rings (SSSR count). The fraction of sp³-hybridized carbons (Fsp3) is 1.00. The van der Waals surface area contributed by atoms with Gasteiger partial charge in [0.15, 0.2) is 0 Å². The minimum Gasteiger partial charge on any atom is -0.393 e. The highest BCUT2D eigenvalue weighted by molar-refractivity contribution is 4.56. The summed E-state index contributed by atoms with van der Waals surface area (Å²) < 4.78 is 0. The maximum atomic E-state index is 8.80. The van der Waals surface area contributed by atoms with Crippen molar-refractivity contribution in [1.29, 1.82) is 0 Å². The van der Waals surface area contributed by atoms with Gasteiger partial charge in [0, 0.05) is 0 Å². The number of aliphatic hydroxyl groups excluding tert-OH is 1. The summed E-state index contributed by atoms with van der Waals surface area (Å²) >= 11 is 0. The Bertz CT molecular complexity index is 54.5. The maximum Gasteiger partial charge on any atom is 0.0515 e. The summed E-state index contributed by atoms with van der Waals surface area (Å²) in [5.41, 5.74) is 5.31. The zero-order valence-corrected chi connectivity index (χ0v) is 5.59. The van der Waals surface area contributed by atoms with Crippen molar-refractivity contribution in [2.24, 2.45) is 11.7 Å². The first-order chi connectivity index (χ1) is 3.66. The summed E-state index contributed by atoms with van der Waals surface area (Å²) in [5.74, 6) is 0.454. The summed E-state index contributed by atoms with van der Waals surface area (Å²) in [6.07, 6.45) is 0.616. The summed E-state index contributed by atoms with van der Waals surface area (Å²) in [5, 5.41) is 8.80. The molecule has 0 aromatic rings. The van der Waals surface area contributed by atoms with Gasteiger partial charge in [-0.2, -0.15) is 0 Å². The molecule has 2 heteroatoms. The zero-order chi connectivity index (χ0) is 6.57. The monoisotopic (exact) mass is 117 g/mol. The van der Waals surface area contributed by atoms with Crippen molar-refractivity contribution in [3.05, 3.63) is 0 Å². The van der Waals surface area contributed by atoms with E-state index < -0.39 is 0 Å². The van der Waals surface area contributed by atoms with Crippen molar-refractivity contribution in [2.45, 2.75) is 26.4 Å². The van der Waals surface area contributed by atoms with E-state index in [1.165, 1.54) is 0 Å². The van der Waals surface area contributed by atoms with Gasteiger partial charge in [-0.15, -0.1) is 0 Å². The molecule has 0 spiro atoms. The van der Waals surface area contributed by atoms with Crippen molar-refractivity contribution in [2.75, 3.05) is 6.54 Å². The Labute approximate surface area is 50.7 Å². The van der Waals surface area contributed by atoms with E-state index in [0.29, 0.717) is 12.5 Å². The summed E-state index contributed by atoms with van der Waals surface area (Å²) in [7, 11) is 0. The van der Waals surface area contributed by atoms with Gasteiger partial charge in [0.05, 0.1) is 6.10 Å². The van der Waals surface area contributed by atoms with Crippen molar-refractivity contribution < 1.29 is 5.11 Å². The molecular weight excluding hydrogens is 102 g/mol. The van der Waals surface area contributed by atoms with Gasteiger partial charge >= 0.3 is 0 Å². The molecule has 0 saturated carbocycles. The Morgan fingerprint density at radius 2 is 2.00 bits per heavy atom. The smallest absolute Gasteiger partial charge is 0.0515 e. The lowest BCUT2D eigenvalue weighted by atomic mass is 10.1. The third kappa shape index (κ3) is 4.09. The minimum absolute atomic E-state index is 0.200. The Hall–Kier alpha value is -0.0800. The molecule has 0 aliphatic carbocycles. The van der Waals surface area contributed by atoms with Gasteiger partial charge in [-0.3, -0.25) is 0 Å². The number of aliphatic hydroxyl groups is 1. The average molecular weight is 117 g/mol. The van der Waals surface area contributed by atoms with E-state index in [0.717, 1.165) is 6.42 Å². The lowest BCUT2D eigenvalue weighted by Crippen LogP contribution is -2.15. The third-order valence-corrected chi connectivity index (χ3v) is 1.15. The zero-order valence-electron chi connectivity index (χ0n) is 5.59. The molecule has 0 aromatic heterocycles. The largest absolute Gasteiger partial charge is 0.393 e. The molecule has 0 aliphatic heterocycles. The normalized spacial score (nSPS) is 18.0. The van der Waals surface area contributed by atoms with Crippen molar-refractivity contribution in [1.82, 2.24) is 0 Å². The predicted molar refractivity (Wildman–Crippen MR) is 34.5 cm³/mol. The van der Waals surface area contributed by atoms with Gasteiger partial charge in [0.25, 0.3) is 0 Å². The van der Waals surface area contributed by atoms with Crippen LogP contribution in [0.25, 0.3) is 0 Å². The second kappa shape index (κ2) is 3.87. The average Bonchev–Trinajstić information content (AvgIpc) is 1.65. The van der Waals surface area contributed by atoms with Crippen LogP contribution in [-0.4, -0.2) is 17.8 Å². The molecule has 50 valence electrons. The highest BCUT2D eigenvalue weighted by atomic mass is 16.3. The van der Waals surface area contributed by atoms with E-state index in [4.69, 9.17) is 10.8 Å². The van der Waals surface area contributed by atoms with Crippen LogP contribution in [0.15, 0.2) is 0 Å². The number of nitrogens with two attached hydrogens (primary N) is 1. The van der Waals surface area contributed by atoms with Crippen LogP contribution in [0.1, 0.15) is 20.3 Å². The van der Waals surface area contributed by atoms with Gasteiger partial charge < -0.3 is 10.8 Å². The molecule has 8 heavy (non-hydrogen) atoms. The van der Waals surface area contributed by atoms with Crippen molar-refractivity contribution in [3.8, 4) is 0 Å². The van der Waals surface area contributed by atoms with Crippen LogP contribution < -0.4 is 5.73 Å². The molecule has 1 unspecified atom stereocenters. The van der Waals surface area contributed by atoms with E-state index in [1.54, 1.807) is 6.92 Å². The molecule has 2 nitrogen and oxygen atoms in total. The molecular formula is C6H15NO. The van der Waals surface area contributed by atoms with Crippen LogP contribution in [0.2, 0.25) is 0 Å². The Balaban J connectivity index is 3.10. The number of hydrogen-bond acceptors (Lipinski definition) is 2. The van der Waals surface area contributed by atoms with Crippen LogP contribution in [0, 0.1) is 5.92 Å². The van der Waals surface area contributed by atoms with E-state index in [2.05, 4.69) is 0 Å². The van der Waals surface area contributed by atoms with E-state index in [1.807, 2.05) is 6.92 Å². The van der Waals surface area contributed by atoms with Crippen molar-refractivity contribution in [3.63, 3.8) is 0 Å². The molecule has 0 aromatic carbocycles. The fourth-order valence-electron chi connectivity index (χ4n) is 0.679. The van der Waals surface area contributed by atoms with Gasteiger partial charge in [0.1, 0.15) is 0 Å². The van der Waals surface area contributed by atoms with E-state index >= 15 is 0 Å². The van der Waals surface area contributed by atoms with Gasteiger partial charge in [-0.1, -0.05) is 6.92 Å². The fourth-order valence-corrected chi connectivity index (χ4v) is 0.679. The maximum absolute atomic E-state index is 8.80. The first-order valence-electron chi connectivity index (χ1n) is 3.05. The quantitative estimate of drug-likeness (QED) is 0.560. The highest BCUT2D eigenvalue weighted by Crippen LogP contribution is 2.01. The molecule has 2 atom stereocenters. The van der Waals surface area contributed by atoms with Crippen LogP contribution in [0.4, 0.5) is 0 Å². The lowest BCUT2D eigenvalue weighted by molar-refractivity contribution is 0.165. The van der Waals surface area contributed by atoms with Crippen molar-refractivity contribution >= 4 is 0 Å². The Kier molecular flexibility index (Phi) is 3.83. The first-order valence-corrected chi connectivity index (χ1v) is 3.05. The van der Waals surface area contributed by atoms with Crippen LogP contribution in [0.5, 0.6) is 0 Å². The van der Waals surface area contributed by atoms with E-state index in [-0.39, 0.29) is 6.10 Å². The Morgan fingerprint density at radius 1 is 1.50 bits per heavy atom. The SMILES string of the molecule is CC(CN)C[C@H](C)O. The Morgan fingerprint density at radius 3 is 2.12 bits per heavy atom. The summed E-state index contributed by atoms with van der Waals surface area (Å²) in [6.45, 7) is 4.49. The van der Waals surface area contributed by atoms with Crippen LogP contribution in [0.3, 0.4) is 0 Å². The summed E-state index contributed by atoms with van der Waals surface area (Å²) in [6, 6.07) is 0. The first kappa shape index (κ1) is 7.92. The lowest BCUT2D eigenvalue weighted by Gasteiger charge is -2.08. The van der Waals surface area contributed by atoms with Gasteiger partial charge in [-0.05, 0) is 25.8 Å². The van der Waals surface area contributed by atoms with Gasteiger partial charge in [-0.25, -0.2) is 0 Å². The molecule has 0 heterocycles. The molecule has 3 N–H and O–H groups in total. The second-order valence-corrected chi connectivity index (χ2v) is 2.43. The topological polar surface area (TPSA) is 46.2 Å². The van der Waals surface area contributed by atoms with Crippen LogP contribution >= 0.6 is 0 Å². The molecule has 0 radical (unpaired) electrons. The second-order valence-electron chi connectivity index (χ2n) is 2.43. The molecule has 0 amide bonds. The minimum atomic E-state index is -0.200. The van der Waals surface area contributed by atoms with Crippen LogP contribution in [-0.2, 0) is 0 Å². The summed E-state index contributed by atoms with van der Waals surface area (Å²) in [4.78, 5) is 0. The van der Waals surface area contributed by atoms with Gasteiger partial charge in [0.2, 0.25) is 0 Å². The molecule has 0 fully saturated rings. The molecule has 0 bridgehead atoms. The molecule has 0 saturated heterocycles. The third-order valence-electron chi connectivity index (χ3n) is 1.15. The van der Waals surface area contributed by atoms with E-state index in [9.17, 15) is 0 Å².